The number of thiophene rings is 1. The maximum absolute atomic E-state index is 10.3. The molecule has 0 radical (unpaired) electrons. The van der Waals surface area contributed by atoms with Crippen molar-refractivity contribution in [1.29, 1.82) is 0 Å². The SMILES string of the molecule is CNc1ccsc1CC(=O)O. The van der Waals surface area contributed by atoms with E-state index in [4.69, 9.17) is 5.11 Å². The van der Waals surface area contributed by atoms with Crippen molar-refractivity contribution in [2.75, 3.05) is 12.4 Å². The highest BCUT2D eigenvalue weighted by molar-refractivity contribution is 7.10. The molecule has 1 heterocycles. The van der Waals surface area contributed by atoms with Gasteiger partial charge in [0.25, 0.3) is 0 Å². The Bertz CT molecular complexity index is 257. The summed E-state index contributed by atoms with van der Waals surface area (Å²) in [6.07, 6.45) is 0.105. The van der Waals surface area contributed by atoms with Crippen molar-refractivity contribution in [3.05, 3.63) is 16.3 Å². The van der Waals surface area contributed by atoms with Crippen LogP contribution in [0.5, 0.6) is 0 Å². The van der Waals surface area contributed by atoms with Gasteiger partial charge in [-0.15, -0.1) is 11.3 Å². The number of carbonyl (C=O) groups is 1. The number of hydrogen-bond donors (Lipinski definition) is 2. The lowest BCUT2D eigenvalue weighted by molar-refractivity contribution is -0.136. The highest BCUT2D eigenvalue weighted by Gasteiger charge is 2.05. The Balaban J connectivity index is 2.76. The van der Waals surface area contributed by atoms with E-state index in [0.29, 0.717) is 0 Å². The molecule has 0 amide bonds. The molecule has 0 bridgehead atoms. The zero-order chi connectivity index (χ0) is 8.27. The quantitative estimate of drug-likeness (QED) is 0.723. The molecule has 0 unspecified atom stereocenters. The molecule has 1 rings (SSSR count). The van der Waals surface area contributed by atoms with Gasteiger partial charge in [0.2, 0.25) is 0 Å². The molecular formula is C7H9NO2S. The third kappa shape index (κ3) is 1.94. The molecule has 0 aliphatic carbocycles. The summed E-state index contributed by atoms with van der Waals surface area (Å²) in [5.41, 5.74) is 0.914. The van der Waals surface area contributed by atoms with Crippen LogP contribution in [0, 0.1) is 0 Å². The van der Waals surface area contributed by atoms with Crippen LogP contribution in [-0.2, 0) is 11.2 Å². The van der Waals surface area contributed by atoms with Crippen LogP contribution in [0.1, 0.15) is 4.88 Å². The molecule has 1 aromatic rings. The van der Waals surface area contributed by atoms with E-state index in [0.717, 1.165) is 10.6 Å². The van der Waals surface area contributed by atoms with Crippen molar-refractivity contribution in [2.45, 2.75) is 6.42 Å². The Morgan fingerprint density at radius 1 is 1.82 bits per heavy atom. The van der Waals surface area contributed by atoms with E-state index < -0.39 is 5.97 Å². The largest absolute Gasteiger partial charge is 0.481 e. The highest BCUT2D eigenvalue weighted by Crippen LogP contribution is 2.21. The molecule has 0 aromatic carbocycles. The number of anilines is 1. The molecule has 0 atom stereocenters. The van der Waals surface area contributed by atoms with Crippen molar-refractivity contribution in [1.82, 2.24) is 0 Å². The van der Waals surface area contributed by atoms with Crippen LogP contribution < -0.4 is 5.32 Å². The van der Waals surface area contributed by atoms with Crippen molar-refractivity contribution in [3.63, 3.8) is 0 Å². The van der Waals surface area contributed by atoms with E-state index in [9.17, 15) is 4.79 Å². The Morgan fingerprint density at radius 3 is 3.09 bits per heavy atom. The maximum Gasteiger partial charge on any atom is 0.308 e. The number of rotatable bonds is 3. The molecular weight excluding hydrogens is 162 g/mol. The maximum atomic E-state index is 10.3. The standard InChI is InChI=1S/C7H9NO2S/c1-8-5-2-3-11-6(5)4-7(9)10/h2-3,8H,4H2,1H3,(H,9,10). The van der Waals surface area contributed by atoms with Crippen LogP contribution in [0.15, 0.2) is 11.4 Å². The summed E-state index contributed by atoms with van der Waals surface area (Å²) >= 11 is 1.46. The molecule has 3 nitrogen and oxygen atoms in total. The van der Waals surface area contributed by atoms with Gasteiger partial charge in [-0.25, -0.2) is 0 Å². The number of nitrogens with one attached hydrogen (secondary N) is 1. The smallest absolute Gasteiger partial charge is 0.308 e. The minimum Gasteiger partial charge on any atom is -0.481 e. The Morgan fingerprint density at radius 2 is 2.55 bits per heavy atom. The lowest BCUT2D eigenvalue weighted by Gasteiger charge is -1.97. The molecule has 2 N–H and O–H groups in total. The predicted molar refractivity (Wildman–Crippen MR) is 45.2 cm³/mol. The van der Waals surface area contributed by atoms with Gasteiger partial charge in [-0.3, -0.25) is 4.79 Å². The first-order chi connectivity index (χ1) is 5.24. The van der Waals surface area contributed by atoms with Gasteiger partial charge >= 0.3 is 5.97 Å². The third-order valence-electron chi connectivity index (χ3n) is 1.33. The van der Waals surface area contributed by atoms with E-state index >= 15 is 0 Å². The van der Waals surface area contributed by atoms with Crippen molar-refractivity contribution in [2.24, 2.45) is 0 Å². The van der Waals surface area contributed by atoms with Gasteiger partial charge in [0.1, 0.15) is 0 Å². The number of hydrogen-bond acceptors (Lipinski definition) is 3. The molecule has 0 aliphatic rings. The van der Waals surface area contributed by atoms with E-state index in [1.54, 1.807) is 7.05 Å². The molecule has 1 aromatic heterocycles. The number of aliphatic carboxylic acids is 1. The lowest BCUT2D eigenvalue weighted by Crippen LogP contribution is -2.00. The monoisotopic (exact) mass is 171 g/mol. The first-order valence-electron chi connectivity index (χ1n) is 3.20. The van der Waals surface area contributed by atoms with Gasteiger partial charge in [0, 0.05) is 17.6 Å². The zero-order valence-electron chi connectivity index (χ0n) is 6.13. The summed E-state index contributed by atoms with van der Waals surface area (Å²) in [7, 11) is 1.79. The first-order valence-corrected chi connectivity index (χ1v) is 4.08. The molecule has 0 spiro atoms. The molecule has 0 fully saturated rings. The van der Waals surface area contributed by atoms with Crippen LogP contribution in [0.4, 0.5) is 5.69 Å². The fourth-order valence-corrected chi connectivity index (χ4v) is 1.71. The average molecular weight is 171 g/mol. The van der Waals surface area contributed by atoms with E-state index in [1.165, 1.54) is 11.3 Å². The minimum absolute atomic E-state index is 0.105. The van der Waals surface area contributed by atoms with E-state index in [2.05, 4.69) is 5.32 Å². The highest BCUT2D eigenvalue weighted by atomic mass is 32.1. The summed E-state index contributed by atoms with van der Waals surface area (Å²) in [5.74, 6) is -0.788. The predicted octanol–water partition coefficient (Wildman–Crippen LogP) is 1.42. The van der Waals surface area contributed by atoms with Gasteiger partial charge in [-0.2, -0.15) is 0 Å². The van der Waals surface area contributed by atoms with Crippen LogP contribution in [0.3, 0.4) is 0 Å². The summed E-state index contributed by atoms with van der Waals surface area (Å²) in [6.45, 7) is 0. The third-order valence-corrected chi connectivity index (χ3v) is 2.25. The molecule has 4 heteroatoms. The van der Waals surface area contributed by atoms with Crippen LogP contribution in [0.25, 0.3) is 0 Å². The topological polar surface area (TPSA) is 49.3 Å². The molecule has 0 saturated carbocycles. The van der Waals surface area contributed by atoms with Crippen molar-refractivity contribution in [3.8, 4) is 0 Å². The van der Waals surface area contributed by atoms with Gasteiger partial charge < -0.3 is 10.4 Å². The second kappa shape index (κ2) is 3.39. The van der Waals surface area contributed by atoms with Gasteiger partial charge in [-0.05, 0) is 11.4 Å². The van der Waals surface area contributed by atoms with Crippen LogP contribution in [-0.4, -0.2) is 18.1 Å². The summed E-state index contributed by atoms with van der Waals surface area (Å²) in [4.78, 5) is 11.2. The van der Waals surface area contributed by atoms with Gasteiger partial charge in [-0.1, -0.05) is 0 Å². The second-order valence-corrected chi connectivity index (χ2v) is 3.08. The minimum atomic E-state index is -0.788. The molecule has 60 valence electrons. The molecule has 11 heavy (non-hydrogen) atoms. The Hall–Kier alpha value is -1.03. The van der Waals surface area contributed by atoms with Crippen LogP contribution in [0.2, 0.25) is 0 Å². The Labute approximate surface area is 68.7 Å². The number of carboxylic acids is 1. The van der Waals surface area contributed by atoms with Crippen molar-refractivity contribution >= 4 is 23.0 Å². The van der Waals surface area contributed by atoms with E-state index in [-0.39, 0.29) is 6.42 Å². The summed E-state index contributed by atoms with van der Waals surface area (Å²) < 4.78 is 0. The summed E-state index contributed by atoms with van der Waals surface area (Å²) in [6, 6.07) is 1.88. The number of carboxylic acid groups (broad SMARTS) is 1. The van der Waals surface area contributed by atoms with E-state index in [1.807, 2.05) is 11.4 Å². The Kier molecular flexibility index (Phi) is 2.48. The zero-order valence-corrected chi connectivity index (χ0v) is 6.94. The average Bonchev–Trinajstić information content (AvgIpc) is 2.34. The fraction of sp³-hybridized carbons (Fsp3) is 0.286. The van der Waals surface area contributed by atoms with Crippen molar-refractivity contribution < 1.29 is 9.90 Å². The first kappa shape index (κ1) is 8.07. The fourth-order valence-electron chi connectivity index (χ4n) is 0.838. The lowest BCUT2D eigenvalue weighted by atomic mass is 10.3. The molecule has 0 saturated heterocycles. The second-order valence-electron chi connectivity index (χ2n) is 2.08. The van der Waals surface area contributed by atoms with Gasteiger partial charge in [0.15, 0.2) is 0 Å². The summed E-state index contributed by atoms with van der Waals surface area (Å²) in [5, 5.41) is 13.3. The normalized spacial score (nSPS) is 9.55. The van der Waals surface area contributed by atoms with Crippen LogP contribution >= 0.6 is 11.3 Å². The van der Waals surface area contributed by atoms with Gasteiger partial charge in [0.05, 0.1) is 6.42 Å². The molecule has 0 aliphatic heterocycles.